The Balaban J connectivity index is 1.72. The van der Waals surface area contributed by atoms with Gasteiger partial charge in [-0.3, -0.25) is 4.79 Å². The monoisotopic (exact) mass is 341 g/mol. The summed E-state index contributed by atoms with van der Waals surface area (Å²) in [6.07, 6.45) is 4.01. The number of aromatic nitrogens is 1. The van der Waals surface area contributed by atoms with Gasteiger partial charge >= 0.3 is 0 Å². The summed E-state index contributed by atoms with van der Waals surface area (Å²) >= 11 is 0. The second-order valence-corrected chi connectivity index (χ2v) is 7.59. The maximum Gasteiger partial charge on any atom is 0.224 e. The normalized spacial score (nSPS) is 16.5. The van der Waals surface area contributed by atoms with Crippen molar-refractivity contribution in [1.82, 2.24) is 15.2 Å². The van der Waals surface area contributed by atoms with Gasteiger partial charge in [0.25, 0.3) is 0 Å². The molecule has 4 heteroatoms. The van der Waals surface area contributed by atoms with Crippen molar-refractivity contribution < 1.29 is 4.79 Å². The van der Waals surface area contributed by atoms with E-state index in [0.29, 0.717) is 6.42 Å². The number of nitrogens with zero attached hydrogens (tertiary/aromatic N) is 1. The summed E-state index contributed by atoms with van der Waals surface area (Å²) in [5.41, 5.74) is 5.87. The van der Waals surface area contributed by atoms with E-state index in [2.05, 4.69) is 55.0 Å². The predicted molar refractivity (Wildman–Crippen MR) is 104 cm³/mol. The molecule has 1 saturated heterocycles. The molecule has 4 nitrogen and oxygen atoms in total. The molecule has 2 N–H and O–H groups in total. The van der Waals surface area contributed by atoms with Crippen LogP contribution in [0.4, 0.5) is 0 Å². The molecule has 2 aromatic rings. The maximum atomic E-state index is 12.7. The Labute approximate surface area is 151 Å². The van der Waals surface area contributed by atoms with Crippen LogP contribution in [0.1, 0.15) is 48.6 Å². The first-order chi connectivity index (χ1) is 12.0. The summed E-state index contributed by atoms with van der Waals surface area (Å²) in [5.74, 6) is 0.134. The van der Waals surface area contributed by atoms with Crippen LogP contribution in [0.15, 0.2) is 12.1 Å². The van der Waals surface area contributed by atoms with E-state index in [1.165, 1.54) is 42.4 Å². The minimum atomic E-state index is 0.134. The minimum Gasteiger partial charge on any atom is -0.358 e. The van der Waals surface area contributed by atoms with Gasteiger partial charge in [-0.25, -0.2) is 0 Å². The second-order valence-electron chi connectivity index (χ2n) is 7.59. The van der Waals surface area contributed by atoms with Crippen molar-refractivity contribution in [3.8, 4) is 0 Å². The van der Waals surface area contributed by atoms with E-state index in [4.69, 9.17) is 0 Å². The average molecular weight is 341 g/mol. The van der Waals surface area contributed by atoms with Gasteiger partial charge < -0.3 is 15.2 Å². The largest absolute Gasteiger partial charge is 0.358 e. The van der Waals surface area contributed by atoms with E-state index < -0.39 is 0 Å². The summed E-state index contributed by atoms with van der Waals surface area (Å²) in [5, 5.41) is 4.47. The Morgan fingerprint density at radius 1 is 1.24 bits per heavy atom. The van der Waals surface area contributed by atoms with Gasteiger partial charge in [0.2, 0.25) is 5.91 Å². The zero-order valence-corrected chi connectivity index (χ0v) is 16.0. The first-order valence-electron chi connectivity index (χ1n) is 9.58. The maximum absolute atomic E-state index is 12.7. The Morgan fingerprint density at radius 3 is 2.64 bits per heavy atom. The molecule has 1 aliphatic rings. The lowest BCUT2D eigenvalue weighted by Crippen LogP contribution is -2.43. The van der Waals surface area contributed by atoms with Crippen molar-refractivity contribution in [2.45, 2.75) is 59.4 Å². The minimum absolute atomic E-state index is 0.134. The molecule has 1 fully saturated rings. The van der Waals surface area contributed by atoms with E-state index >= 15 is 0 Å². The predicted octanol–water partition coefficient (Wildman–Crippen LogP) is 3.63. The Kier molecular flexibility index (Phi) is 5.48. The fourth-order valence-electron chi connectivity index (χ4n) is 4.15. The van der Waals surface area contributed by atoms with Crippen LogP contribution in [0.2, 0.25) is 0 Å². The molecule has 1 atom stereocenters. The molecule has 0 aliphatic carbocycles. The van der Waals surface area contributed by atoms with Crippen LogP contribution < -0.4 is 5.32 Å². The third-order valence-electron chi connectivity index (χ3n) is 5.43. The van der Waals surface area contributed by atoms with Crippen LogP contribution in [0.3, 0.4) is 0 Å². The highest BCUT2D eigenvalue weighted by molar-refractivity contribution is 5.92. The number of benzene rings is 1. The highest BCUT2D eigenvalue weighted by Gasteiger charge is 2.20. The van der Waals surface area contributed by atoms with Crippen LogP contribution in [-0.2, 0) is 11.2 Å². The molecular formula is C21H31N3O. The first kappa shape index (κ1) is 18.0. The number of rotatable bonds is 6. The molecule has 0 saturated carbocycles. The van der Waals surface area contributed by atoms with E-state index in [1.54, 1.807) is 0 Å². The van der Waals surface area contributed by atoms with Crippen LogP contribution in [-0.4, -0.2) is 41.5 Å². The molecule has 1 aliphatic heterocycles. The number of amides is 1. The number of nitrogens with one attached hydrogen (secondary N) is 2. The van der Waals surface area contributed by atoms with Gasteiger partial charge in [-0.1, -0.05) is 13.0 Å². The highest BCUT2D eigenvalue weighted by Crippen LogP contribution is 2.27. The number of fused-ring (bicyclic) bond motifs is 1. The molecule has 1 amide bonds. The summed E-state index contributed by atoms with van der Waals surface area (Å²) in [6.45, 7) is 11.8. The molecule has 0 spiro atoms. The molecule has 1 aromatic carbocycles. The summed E-state index contributed by atoms with van der Waals surface area (Å²) < 4.78 is 0. The first-order valence-corrected chi connectivity index (χ1v) is 9.58. The fraction of sp³-hybridized carbons (Fsp3) is 0.571. The number of H-pyrrole nitrogens is 1. The average Bonchev–Trinajstić information content (AvgIpc) is 3.15. The van der Waals surface area contributed by atoms with Gasteiger partial charge in [-0.2, -0.15) is 0 Å². The zero-order chi connectivity index (χ0) is 18.0. The lowest BCUT2D eigenvalue weighted by Gasteiger charge is -2.23. The van der Waals surface area contributed by atoms with Crippen LogP contribution >= 0.6 is 0 Å². The highest BCUT2D eigenvalue weighted by atomic mass is 16.1. The molecule has 1 unspecified atom stereocenters. The Morgan fingerprint density at radius 2 is 1.96 bits per heavy atom. The summed E-state index contributed by atoms with van der Waals surface area (Å²) in [7, 11) is 0. The Bertz CT molecular complexity index is 756. The van der Waals surface area contributed by atoms with E-state index in [1.807, 2.05) is 0 Å². The van der Waals surface area contributed by atoms with Gasteiger partial charge in [0.15, 0.2) is 0 Å². The number of aromatic amines is 1. The fourth-order valence-corrected chi connectivity index (χ4v) is 4.15. The standard InChI is InChI=1S/C21H31N3O/c1-5-17(13-24-8-6-7-9-24)23-20(25)12-18-16(4)22-19-11-14(2)10-15(3)21(18)19/h10-11,17,22H,5-9,12-13H2,1-4H3,(H,23,25). The van der Waals surface area contributed by atoms with Crippen molar-refractivity contribution in [3.63, 3.8) is 0 Å². The number of carbonyl (C=O) groups is 1. The lowest BCUT2D eigenvalue weighted by atomic mass is 10.0. The van der Waals surface area contributed by atoms with Gasteiger partial charge in [-0.15, -0.1) is 0 Å². The molecule has 0 bridgehead atoms. The number of hydrogen-bond acceptors (Lipinski definition) is 2. The number of hydrogen-bond donors (Lipinski definition) is 2. The molecular weight excluding hydrogens is 310 g/mol. The van der Waals surface area contributed by atoms with Gasteiger partial charge in [0.05, 0.1) is 6.42 Å². The number of likely N-dealkylation sites (tertiary alicyclic amines) is 1. The summed E-state index contributed by atoms with van der Waals surface area (Å²) in [4.78, 5) is 18.6. The molecule has 136 valence electrons. The van der Waals surface area contributed by atoms with Gasteiger partial charge in [0, 0.05) is 29.2 Å². The molecule has 0 radical (unpaired) electrons. The van der Waals surface area contributed by atoms with Crippen molar-refractivity contribution in [3.05, 3.63) is 34.5 Å². The molecule has 3 rings (SSSR count). The van der Waals surface area contributed by atoms with E-state index in [9.17, 15) is 4.79 Å². The molecule has 1 aromatic heterocycles. The third-order valence-corrected chi connectivity index (χ3v) is 5.43. The number of carbonyl (C=O) groups excluding carboxylic acids is 1. The van der Waals surface area contributed by atoms with Crippen molar-refractivity contribution in [2.24, 2.45) is 0 Å². The van der Waals surface area contributed by atoms with E-state index in [0.717, 1.165) is 29.7 Å². The van der Waals surface area contributed by atoms with Crippen molar-refractivity contribution in [1.29, 1.82) is 0 Å². The SMILES string of the molecule is CCC(CN1CCCC1)NC(=O)Cc1c(C)[nH]c2cc(C)cc(C)c12. The molecule has 2 heterocycles. The topological polar surface area (TPSA) is 48.1 Å². The van der Waals surface area contributed by atoms with Crippen LogP contribution in [0.5, 0.6) is 0 Å². The zero-order valence-electron chi connectivity index (χ0n) is 16.0. The van der Waals surface area contributed by atoms with Gasteiger partial charge in [0.1, 0.15) is 0 Å². The van der Waals surface area contributed by atoms with Crippen LogP contribution in [0, 0.1) is 20.8 Å². The second kappa shape index (κ2) is 7.61. The number of aryl methyl sites for hydroxylation is 3. The third kappa shape index (κ3) is 4.06. The van der Waals surface area contributed by atoms with E-state index in [-0.39, 0.29) is 11.9 Å². The lowest BCUT2D eigenvalue weighted by molar-refractivity contribution is -0.121. The van der Waals surface area contributed by atoms with Gasteiger partial charge in [-0.05, 0) is 75.9 Å². The Hall–Kier alpha value is -1.81. The molecule has 25 heavy (non-hydrogen) atoms. The quantitative estimate of drug-likeness (QED) is 0.843. The smallest absolute Gasteiger partial charge is 0.224 e. The van der Waals surface area contributed by atoms with Crippen molar-refractivity contribution >= 4 is 16.8 Å². The van der Waals surface area contributed by atoms with Crippen molar-refractivity contribution in [2.75, 3.05) is 19.6 Å². The summed E-state index contributed by atoms with van der Waals surface area (Å²) in [6, 6.07) is 4.61. The van der Waals surface area contributed by atoms with Crippen LogP contribution in [0.25, 0.3) is 10.9 Å².